The fourth-order valence-electron chi connectivity index (χ4n) is 2.13. The van der Waals surface area contributed by atoms with Gasteiger partial charge in [-0.15, -0.1) is 0 Å². The van der Waals surface area contributed by atoms with Crippen molar-refractivity contribution in [3.8, 4) is 0 Å². The molecule has 0 aliphatic rings. The zero-order chi connectivity index (χ0) is 16.3. The predicted octanol–water partition coefficient (Wildman–Crippen LogP) is 2.98. The Morgan fingerprint density at radius 1 is 1.05 bits per heavy atom. The van der Waals surface area contributed by atoms with Gasteiger partial charge in [0.25, 0.3) is 5.69 Å². The Morgan fingerprint density at radius 2 is 1.59 bits per heavy atom. The lowest BCUT2D eigenvalue weighted by atomic mass is 10.1. The summed E-state index contributed by atoms with van der Waals surface area (Å²) < 4.78 is 26.5. The van der Waals surface area contributed by atoms with Crippen LogP contribution in [0, 0.1) is 10.1 Å². The normalized spacial score (nSPS) is 13.0. The Morgan fingerprint density at radius 3 is 2.18 bits per heavy atom. The number of nitro benzene ring substituents is 1. The molecule has 0 aliphatic heterocycles. The van der Waals surface area contributed by atoms with Gasteiger partial charge in [-0.3, -0.25) is 10.1 Å². The fourth-order valence-corrected chi connectivity index (χ4v) is 3.64. The lowest BCUT2D eigenvalue weighted by Gasteiger charge is -2.24. The van der Waals surface area contributed by atoms with Crippen LogP contribution in [0.25, 0.3) is 0 Å². The Hall–Kier alpha value is -2.25. The van der Waals surface area contributed by atoms with E-state index in [9.17, 15) is 18.5 Å². The van der Waals surface area contributed by atoms with Gasteiger partial charge in [0.15, 0.2) is 4.90 Å². The van der Waals surface area contributed by atoms with Gasteiger partial charge in [0, 0.05) is 19.2 Å². The second-order valence-corrected chi connectivity index (χ2v) is 6.80. The molecule has 2 aromatic rings. The largest absolute Gasteiger partial charge is 0.289 e. The molecule has 0 aliphatic carbocycles. The van der Waals surface area contributed by atoms with Gasteiger partial charge < -0.3 is 0 Å². The highest BCUT2D eigenvalue weighted by Gasteiger charge is 2.32. The lowest BCUT2D eigenvalue weighted by molar-refractivity contribution is -0.387. The zero-order valence-electron chi connectivity index (χ0n) is 12.2. The molecule has 116 valence electrons. The predicted molar refractivity (Wildman–Crippen MR) is 82.9 cm³/mol. The molecule has 0 saturated heterocycles. The van der Waals surface area contributed by atoms with Gasteiger partial charge in [0.1, 0.15) is 0 Å². The summed E-state index contributed by atoms with van der Waals surface area (Å²) in [6.07, 6.45) is 0. The second kappa shape index (κ2) is 6.25. The van der Waals surface area contributed by atoms with Crippen LogP contribution in [0.3, 0.4) is 0 Å². The van der Waals surface area contributed by atoms with Gasteiger partial charge in [-0.1, -0.05) is 42.5 Å². The summed E-state index contributed by atoms with van der Waals surface area (Å²) in [5.74, 6) is 0. The Labute approximate surface area is 129 Å². The van der Waals surface area contributed by atoms with Crippen LogP contribution < -0.4 is 0 Å². The molecule has 7 heteroatoms. The van der Waals surface area contributed by atoms with Crippen LogP contribution in [0.5, 0.6) is 0 Å². The average molecular weight is 320 g/mol. The highest BCUT2D eigenvalue weighted by molar-refractivity contribution is 7.89. The summed E-state index contributed by atoms with van der Waals surface area (Å²) in [5, 5.41) is 11.1. The molecule has 0 radical (unpaired) electrons. The molecule has 0 aromatic heterocycles. The molecule has 0 saturated carbocycles. The topological polar surface area (TPSA) is 80.5 Å². The molecule has 0 fully saturated rings. The molecular weight excluding hydrogens is 304 g/mol. The SMILES string of the molecule is C[C@@H](c1ccccc1)N(C)S(=O)(=O)c1ccccc1[N+](=O)[O-]. The van der Waals surface area contributed by atoms with Crippen LogP contribution in [0.4, 0.5) is 5.69 Å². The van der Waals surface area contributed by atoms with E-state index < -0.39 is 26.7 Å². The van der Waals surface area contributed by atoms with Gasteiger partial charge in [-0.2, -0.15) is 4.31 Å². The Balaban J connectivity index is 2.45. The van der Waals surface area contributed by atoms with Gasteiger partial charge >= 0.3 is 0 Å². The summed E-state index contributed by atoms with van der Waals surface area (Å²) in [5.41, 5.74) is 0.391. The molecule has 1 atom stereocenters. The number of hydrogen-bond acceptors (Lipinski definition) is 4. The van der Waals surface area contributed by atoms with Gasteiger partial charge in [-0.05, 0) is 18.6 Å². The first-order valence-corrected chi connectivity index (χ1v) is 8.06. The van der Waals surface area contributed by atoms with Crippen LogP contribution in [0.15, 0.2) is 59.5 Å². The monoisotopic (exact) mass is 320 g/mol. The summed E-state index contributed by atoms with van der Waals surface area (Å²) in [6.45, 7) is 1.74. The van der Waals surface area contributed by atoms with E-state index in [1.807, 2.05) is 30.3 Å². The van der Waals surface area contributed by atoms with Crippen molar-refractivity contribution in [2.24, 2.45) is 0 Å². The summed E-state index contributed by atoms with van der Waals surface area (Å²) >= 11 is 0. The number of sulfonamides is 1. The van der Waals surface area contributed by atoms with Crippen LogP contribution in [-0.2, 0) is 10.0 Å². The summed E-state index contributed by atoms with van der Waals surface area (Å²) in [7, 11) is -2.55. The van der Waals surface area contributed by atoms with E-state index in [0.29, 0.717) is 0 Å². The third-order valence-corrected chi connectivity index (χ3v) is 5.52. The molecule has 0 unspecified atom stereocenters. The van der Waals surface area contributed by atoms with Crippen LogP contribution >= 0.6 is 0 Å². The molecule has 2 rings (SSSR count). The third kappa shape index (κ3) is 3.00. The second-order valence-electron chi connectivity index (χ2n) is 4.83. The third-order valence-electron chi connectivity index (χ3n) is 3.55. The zero-order valence-corrected chi connectivity index (χ0v) is 13.0. The van der Waals surface area contributed by atoms with Crippen molar-refractivity contribution < 1.29 is 13.3 Å². The molecule has 0 bridgehead atoms. The molecular formula is C15H16N2O4S. The molecule has 6 nitrogen and oxygen atoms in total. The number of nitro groups is 1. The van der Waals surface area contributed by atoms with E-state index in [1.54, 1.807) is 6.92 Å². The van der Waals surface area contributed by atoms with E-state index in [2.05, 4.69) is 0 Å². The number of hydrogen-bond donors (Lipinski definition) is 0. The highest BCUT2D eigenvalue weighted by Crippen LogP contribution is 2.30. The van der Waals surface area contributed by atoms with Gasteiger partial charge in [-0.25, -0.2) is 8.42 Å². The minimum Gasteiger partial charge on any atom is -0.258 e. The smallest absolute Gasteiger partial charge is 0.258 e. The molecule has 22 heavy (non-hydrogen) atoms. The van der Waals surface area contributed by atoms with E-state index in [1.165, 1.54) is 31.3 Å². The maximum Gasteiger partial charge on any atom is 0.289 e. The fraction of sp³-hybridized carbons (Fsp3) is 0.200. The minimum atomic E-state index is -3.97. The lowest BCUT2D eigenvalue weighted by Crippen LogP contribution is -2.30. The first kappa shape index (κ1) is 16.1. The number of para-hydroxylation sites is 1. The van der Waals surface area contributed by atoms with E-state index in [4.69, 9.17) is 0 Å². The average Bonchev–Trinajstić information content (AvgIpc) is 2.54. The van der Waals surface area contributed by atoms with Crippen molar-refractivity contribution >= 4 is 15.7 Å². The summed E-state index contributed by atoms with van der Waals surface area (Å²) in [4.78, 5) is 10.1. The Bertz CT molecular complexity index is 775. The van der Waals surface area contributed by atoms with E-state index in [-0.39, 0.29) is 4.90 Å². The maximum atomic E-state index is 12.7. The maximum absolute atomic E-state index is 12.7. The van der Waals surface area contributed by atoms with E-state index >= 15 is 0 Å². The molecule has 0 N–H and O–H groups in total. The molecule has 0 spiro atoms. The minimum absolute atomic E-state index is 0.301. The summed E-state index contributed by atoms with van der Waals surface area (Å²) in [6, 6.07) is 14.0. The van der Waals surface area contributed by atoms with Crippen molar-refractivity contribution in [3.63, 3.8) is 0 Å². The molecule has 2 aromatic carbocycles. The first-order valence-electron chi connectivity index (χ1n) is 6.62. The highest BCUT2D eigenvalue weighted by atomic mass is 32.2. The standard InChI is InChI=1S/C15H16N2O4S/c1-12(13-8-4-3-5-9-13)16(2)22(20,21)15-11-7-6-10-14(15)17(18)19/h3-12H,1-2H3/t12-/m0/s1. The van der Waals surface area contributed by atoms with Gasteiger partial charge in [0.2, 0.25) is 10.0 Å². The number of benzene rings is 2. The molecule has 0 heterocycles. The van der Waals surface area contributed by atoms with Crippen LogP contribution in [0.1, 0.15) is 18.5 Å². The quantitative estimate of drug-likeness (QED) is 0.626. The van der Waals surface area contributed by atoms with Crippen LogP contribution in [0.2, 0.25) is 0 Å². The van der Waals surface area contributed by atoms with Gasteiger partial charge in [0.05, 0.1) is 4.92 Å². The van der Waals surface area contributed by atoms with Crippen molar-refractivity contribution in [1.82, 2.24) is 4.31 Å². The first-order chi connectivity index (χ1) is 10.4. The van der Waals surface area contributed by atoms with Crippen LogP contribution in [-0.4, -0.2) is 24.7 Å². The van der Waals surface area contributed by atoms with Crippen molar-refractivity contribution in [2.45, 2.75) is 17.9 Å². The number of rotatable bonds is 5. The number of nitrogens with zero attached hydrogens (tertiary/aromatic N) is 2. The molecule has 0 amide bonds. The van der Waals surface area contributed by atoms with E-state index in [0.717, 1.165) is 9.87 Å². The Kier molecular flexibility index (Phi) is 4.58. The van der Waals surface area contributed by atoms with Crippen molar-refractivity contribution in [2.75, 3.05) is 7.05 Å². The van der Waals surface area contributed by atoms with Crippen molar-refractivity contribution in [3.05, 3.63) is 70.3 Å². The van der Waals surface area contributed by atoms with Crippen molar-refractivity contribution in [1.29, 1.82) is 0 Å².